The van der Waals surface area contributed by atoms with E-state index in [2.05, 4.69) is 10.6 Å². The Bertz CT molecular complexity index is 1300. The van der Waals surface area contributed by atoms with Crippen LogP contribution in [0.2, 0.25) is 5.02 Å². The van der Waals surface area contributed by atoms with Crippen LogP contribution in [0.3, 0.4) is 0 Å². The molecule has 3 aromatic carbocycles. The van der Waals surface area contributed by atoms with Gasteiger partial charge in [0.2, 0.25) is 0 Å². The Kier molecular flexibility index (Phi) is 6.43. The molecule has 0 heterocycles. The molecule has 1 aliphatic carbocycles. The number of aliphatic carboxylic acids is 1. The molecular weight excluding hydrogens is 460 g/mol. The van der Waals surface area contributed by atoms with Gasteiger partial charge in [-0.15, -0.1) is 0 Å². The van der Waals surface area contributed by atoms with Gasteiger partial charge in [-0.05, 0) is 85.3 Å². The molecule has 0 spiro atoms. The molecular formula is C25H21ClN2O6. The van der Waals surface area contributed by atoms with Crippen molar-refractivity contribution in [3.05, 3.63) is 75.8 Å². The van der Waals surface area contributed by atoms with Crippen molar-refractivity contribution in [2.75, 3.05) is 10.6 Å². The summed E-state index contributed by atoms with van der Waals surface area (Å²) in [6.07, 6.45) is 3.12. The number of ether oxygens (including phenoxy) is 1. The number of benzene rings is 3. The van der Waals surface area contributed by atoms with Gasteiger partial charge in [0.05, 0.1) is 10.6 Å². The average Bonchev–Trinajstić information content (AvgIpc) is 3.25. The fourth-order valence-electron chi connectivity index (χ4n) is 3.84. The number of hydrogen-bond donors (Lipinski definition) is 4. The largest absolute Gasteiger partial charge is 0.507 e. The van der Waals surface area contributed by atoms with Gasteiger partial charge in [-0.2, -0.15) is 0 Å². The molecule has 4 N–H and O–H groups in total. The number of phenolic OH excluding ortho intramolecular Hbond substituents is 1. The van der Waals surface area contributed by atoms with Gasteiger partial charge in [0.15, 0.2) is 0 Å². The van der Waals surface area contributed by atoms with Crippen LogP contribution in [0.1, 0.15) is 33.5 Å². The summed E-state index contributed by atoms with van der Waals surface area (Å²) in [4.78, 5) is 35.0. The summed E-state index contributed by atoms with van der Waals surface area (Å²) in [5, 5.41) is 24.1. The molecule has 1 aliphatic rings. The molecule has 8 nitrogen and oxygen atoms in total. The first-order chi connectivity index (χ1) is 16.2. The summed E-state index contributed by atoms with van der Waals surface area (Å²) in [5.41, 5.74) is 3.89. The molecule has 34 heavy (non-hydrogen) atoms. The molecule has 0 aliphatic heterocycles. The second kappa shape index (κ2) is 9.44. The van der Waals surface area contributed by atoms with Crippen molar-refractivity contribution in [3.63, 3.8) is 0 Å². The first kappa shape index (κ1) is 23.1. The van der Waals surface area contributed by atoms with E-state index < -0.39 is 17.8 Å². The van der Waals surface area contributed by atoms with Gasteiger partial charge in [-0.1, -0.05) is 17.7 Å². The minimum absolute atomic E-state index is 0.0251. The Hall–Kier alpha value is -4.04. The maximum Gasteiger partial charge on any atom is 0.394 e. The average molecular weight is 481 g/mol. The maximum atomic E-state index is 12.8. The van der Waals surface area contributed by atoms with Crippen molar-refractivity contribution < 1.29 is 29.3 Å². The molecule has 174 valence electrons. The van der Waals surface area contributed by atoms with Crippen LogP contribution in [-0.4, -0.2) is 28.0 Å². The van der Waals surface area contributed by atoms with Crippen LogP contribution >= 0.6 is 11.6 Å². The van der Waals surface area contributed by atoms with E-state index in [1.165, 1.54) is 41.5 Å². The number of carboxylic acid groups (broad SMARTS) is 1. The zero-order valence-corrected chi connectivity index (χ0v) is 18.9. The number of rotatable bonds is 5. The van der Waals surface area contributed by atoms with Gasteiger partial charge in [-0.25, -0.2) is 4.79 Å². The number of hydrogen-bond acceptors (Lipinski definition) is 5. The number of aryl methyl sites for hydroxylation is 3. The smallest absolute Gasteiger partial charge is 0.394 e. The first-order valence-electron chi connectivity index (χ1n) is 10.5. The molecule has 4 rings (SSSR count). The first-order valence-corrected chi connectivity index (χ1v) is 10.9. The van der Waals surface area contributed by atoms with Gasteiger partial charge in [0.25, 0.3) is 5.91 Å². The number of carbonyl (C=O) groups is 3. The lowest BCUT2D eigenvalue weighted by molar-refractivity contribution is -0.147. The van der Waals surface area contributed by atoms with Crippen LogP contribution in [0.4, 0.5) is 11.4 Å². The van der Waals surface area contributed by atoms with Crippen molar-refractivity contribution >= 4 is 40.8 Å². The van der Waals surface area contributed by atoms with Crippen LogP contribution in [0.15, 0.2) is 48.5 Å². The number of phenols is 1. The number of amides is 2. The summed E-state index contributed by atoms with van der Waals surface area (Å²) < 4.78 is 5.85. The van der Waals surface area contributed by atoms with Gasteiger partial charge in [-0.3, -0.25) is 9.59 Å². The van der Waals surface area contributed by atoms with Crippen molar-refractivity contribution in [1.29, 1.82) is 0 Å². The highest BCUT2D eigenvalue weighted by atomic mass is 35.5. The van der Waals surface area contributed by atoms with E-state index in [4.69, 9.17) is 21.4 Å². The third-order valence-corrected chi connectivity index (χ3v) is 5.75. The van der Waals surface area contributed by atoms with E-state index in [1.54, 1.807) is 6.92 Å². The molecule has 0 atom stereocenters. The fourth-order valence-corrected chi connectivity index (χ4v) is 4.15. The molecule has 0 bridgehead atoms. The molecule has 0 saturated heterocycles. The minimum Gasteiger partial charge on any atom is -0.507 e. The van der Waals surface area contributed by atoms with E-state index in [0.717, 1.165) is 19.3 Å². The SMILES string of the molecule is Cc1cc(NC(=O)C(=O)O)cc(Cl)c1Oc1ccc(O)c(C(=O)Nc2ccc3c(c2)CCC3)c1. The van der Waals surface area contributed by atoms with E-state index in [9.17, 15) is 19.5 Å². The number of anilines is 2. The lowest BCUT2D eigenvalue weighted by Crippen LogP contribution is -2.21. The fraction of sp³-hybridized carbons (Fsp3) is 0.160. The van der Waals surface area contributed by atoms with Crippen LogP contribution in [0.25, 0.3) is 0 Å². The second-order valence-electron chi connectivity index (χ2n) is 7.94. The molecule has 3 aromatic rings. The van der Waals surface area contributed by atoms with Crippen molar-refractivity contribution in [2.45, 2.75) is 26.2 Å². The van der Waals surface area contributed by atoms with Crippen LogP contribution in [0, 0.1) is 6.92 Å². The highest BCUT2D eigenvalue weighted by Crippen LogP contribution is 2.37. The number of halogens is 1. The topological polar surface area (TPSA) is 125 Å². The predicted octanol–water partition coefficient (Wildman–Crippen LogP) is 4.91. The lowest BCUT2D eigenvalue weighted by atomic mass is 10.1. The molecule has 0 aromatic heterocycles. The number of fused-ring (bicyclic) bond motifs is 1. The highest BCUT2D eigenvalue weighted by Gasteiger charge is 2.18. The molecule has 2 amide bonds. The normalized spacial score (nSPS) is 12.1. The van der Waals surface area contributed by atoms with Crippen LogP contribution in [0.5, 0.6) is 17.2 Å². The standard InChI is InChI=1S/C25H21ClN2O6/c1-13-9-17(28-24(31)25(32)33)11-20(26)22(13)34-18-7-8-21(29)19(12-18)23(30)27-16-6-5-14-3-2-4-15(14)10-16/h5-12,29H,2-4H2,1H3,(H,27,30)(H,28,31)(H,32,33). The summed E-state index contributed by atoms with van der Waals surface area (Å²) >= 11 is 6.28. The Labute approximate surface area is 200 Å². The number of aromatic hydroxyl groups is 1. The molecule has 0 fully saturated rings. The van der Waals surface area contributed by atoms with Crippen molar-refractivity contribution in [2.24, 2.45) is 0 Å². The summed E-state index contributed by atoms with van der Waals surface area (Å²) in [7, 11) is 0. The summed E-state index contributed by atoms with van der Waals surface area (Å²) in [6.45, 7) is 1.67. The van der Waals surface area contributed by atoms with Crippen LogP contribution in [-0.2, 0) is 22.4 Å². The number of carbonyl (C=O) groups excluding carboxylic acids is 2. The number of carboxylic acids is 1. The van der Waals surface area contributed by atoms with E-state index in [-0.39, 0.29) is 33.5 Å². The van der Waals surface area contributed by atoms with Crippen molar-refractivity contribution in [3.8, 4) is 17.2 Å². The van der Waals surface area contributed by atoms with Crippen LogP contribution < -0.4 is 15.4 Å². The molecule has 0 radical (unpaired) electrons. The number of nitrogens with one attached hydrogen (secondary N) is 2. The Morgan fingerprint density at radius 1 is 0.941 bits per heavy atom. The molecule has 0 saturated carbocycles. The third kappa shape index (κ3) is 4.97. The van der Waals surface area contributed by atoms with Gasteiger partial charge in [0.1, 0.15) is 17.2 Å². The maximum absolute atomic E-state index is 12.8. The van der Waals surface area contributed by atoms with E-state index in [1.807, 2.05) is 18.2 Å². The van der Waals surface area contributed by atoms with Gasteiger partial charge >= 0.3 is 11.9 Å². The second-order valence-corrected chi connectivity index (χ2v) is 8.34. The molecule has 9 heteroatoms. The quantitative estimate of drug-likeness (QED) is 0.384. The highest BCUT2D eigenvalue weighted by molar-refractivity contribution is 6.37. The summed E-state index contributed by atoms with van der Waals surface area (Å²) in [6, 6.07) is 12.9. The third-order valence-electron chi connectivity index (χ3n) is 5.47. The van der Waals surface area contributed by atoms with Crippen molar-refractivity contribution in [1.82, 2.24) is 0 Å². The monoisotopic (exact) mass is 480 g/mol. The lowest BCUT2D eigenvalue weighted by Gasteiger charge is -2.14. The van der Waals surface area contributed by atoms with Gasteiger partial charge in [0, 0.05) is 11.4 Å². The summed E-state index contributed by atoms with van der Waals surface area (Å²) in [5.74, 6) is -3.00. The zero-order chi connectivity index (χ0) is 24.4. The Balaban J connectivity index is 1.53. The van der Waals surface area contributed by atoms with E-state index >= 15 is 0 Å². The minimum atomic E-state index is -1.62. The zero-order valence-electron chi connectivity index (χ0n) is 18.1. The molecule has 0 unspecified atom stereocenters. The Morgan fingerprint density at radius 2 is 1.71 bits per heavy atom. The van der Waals surface area contributed by atoms with E-state index in [0.29, 0.717) is 11.3 Å². The van der Waals surface area contributed by atoms with Gasteiger partial charge < -0.3 is 25.6 Å². The Morgan fingerprint density at radius 3 is 2.44 bits per heavy atom. The predicted molar refractivity (Wildman–Crippen MR) is 127 cm³/mol.